The van der Waals surface area contributed by atoms with Crippen LogP contribution < -0.4 is 4.72 Å². The fourth-order valence-electron chi connectivity index (χ4n) is 0.584. The van der Waals surface area contributed by atoms with Gasteiger partial charge in [0, 0.05) is 5.75 Å². The fourth-order valence-corrected chi connectivity index (χ4v) is 1.25. The van der Waals surface area contributed by atoms with Gasteiger partial charge in [0.1, 0.15) is 0 Å². The molecule has 0 saturated heterocycles. The lowest BCUT2D eigenvalue weighted by Crippen LogP contribution is -2.25. The van der Waals surface area contributed by atoms with Crippen LogP contribution in [0.4, 0.5) is 0 Å². The summed E-state index contributed by atoms with van der Waals surface area (Å²) in [6, 6.07) is 0. The first-order valence-corrected chi connectivity index (χ1v) is 4.82. The maximum atomic E-state index is 10.4. The van der Waals surface area contributed by atoms with Crippen LogP contribution in [-0.2, 0) is 9.59 Å². The number of carboxylic acid groups (broad SMARTS) is 1. The number of hydrogen-bond acceptors (Lipinski definition) is 3. The Hall–Kier alpha value is -0.710. The molecule has 1 amide bonds. The summed E-state index contributed by atoms with van der Waals surface area (Å²) < 4.78 is 2.22. The molecular formula is C7H13NO3S. The predicted molar refractivity (Wildman–Crippen MR) is 47.8 cm³/mol. The monoisotopic (exact) mass is 191 g/mol. The third-order valence-electron chi connectivity index (χ3n) is 1.21. The highest BCUT2D eigenvalue weighted by Crippen LogP contribution is 2.01. The number of hydrogen-bond donors (Lipinski definition) is 2. The number of aliphatic carboxylic acids is 1. The van der Waals surface area contributed by atoms with Gasteiger partial charge in [0.25, 0.3) is 0 Å². The Morgan fingerprint density at radius 3 is 2.58 bits per heavy atom. The van der Waals surface area contributed by atoms with Crippen molar-refractivity contribution in [2.45, 2.75) is 26.2 Å². The summed E-state index contributed by atoms with van der Waals surface area (Å²) in [6.45, 7) is 2.08. The standard InChI is InChI=1S/C7H13NO3S/c1-2-3-4-5-12-8-6(9)7(10)11/h2-5H2,1H3,(H,8,9)(H,10,11). The zero-order chi connectivity index (χ0) is 9.40. The van der Waals surface area contributed by atoms with Crippen molar-refractivity contribution >= 4 is 23.8 Å². The maximum Gasteiger partial charge on any atom is 0.395 e. The van der Waals surface area contributed by atoms with Crippen molar-refractivity contribution in [3.05, 3.63) is 0 Å². The molecule has 0 atom stereocenters. The molecular weight excluding hydrogens is 178 g/mol. The molecule has 0 aromatic rings. The minimum absolute atomic E-state index is 0.771. The van der Waals surface area contributed by atoms with Crippen molar-refractivity contribution in [2.24, 2.45) is 0 Å². The quantitative estimate of drug-likeness (QED) is 0.387. The second-order valence-electron chi connectivity index (χ2n) is 2.29. The lowest BCUT2D eigenvalue weighted by Gasteiger charge is -1.99. The van der Waals surface area contributed by atoms with Crippen molar-refractivity contribution in [2.75, 3.05) is 5.75 Å². The Labute approximate surface area is 75.9 Å². The van der Waals surface area contributed by atoms with Crippen LogP contribution in [0.2, 0.25) is 0 Å². The van der Waals surface area contributed by atoms with Gasteiger partial charge in [-0.05, 0) is 18.4 Å². The molecule has 2 N–H and O–H groups in total. The first-order chi connectivity index (χ1) is 5.68. The first kappa shape index (κ1) is 11.3. The van der Waals surface area contributed by atoms with Gasteiger partial charge in [0.2, 0.25) is 0 Å². The van der Waals surface area contributed by atoms with Gasteiger partial charge in [-0.15, -0.1) is 0 Å². The van der Waals surface area contributed by atoms with E-state index >= 15 is 0 Å². The minimum atomic E-state index is -1.43. The van der Waals surface area contributed by atoms with Crippen LogP contribution in [0, 0.1) is 0 Å². The molecule has 0 aromatic carbocycles. The first-order valence-electron chi connectivity index (χ1n) is 3.83. The van der Waals surface area contributed by atoms with Gasteiger partial charge in [0.15, 0.2) is 0 Å². The Kier molecular flexibility index (Phi) is 6.55. The number of carbonyl (C=O) groups excluding carboxylic acids is 1. The van der Waals surface area contributed by atoms with E-state index in [-0.39, 0.29) is 0 Å². The van der Waals surface area contributed by atoms with Crippen molar-refractivity contribution < 1.29 is 14.7 Å². The van der Waals surface area contributed by atoms with Gasteiger partial charge in [-0.1, -0.05) is 19.8 Å². The van der Waals surface area contributed by atoms with E-state index in [1.807, 2.05) is 0 Å². The van der Waals surface area contributed by atoms with Crippen molar-refractivity contribution in [1.29, 1.82) is 0 Å². The Morgan fingerprint density at radius 1 is 1.42 bits per heavy atom. The van der Waals surface area contributed by atoms with Crippen LogP contribution in [0.5, 0.6) is 0 Å². The molecule has 70 valence electrons. The normalized spacial score (nSPS) is 9.42. The highest BCUT2D eigenvalue weighted by Gasteiger charge is 2.09. The average Bonchev–Trinajstić information content (AvgIpc) is 2.03. The van der Waals surface area contributed by atoms with E-state index in [1.54, 1.807) is 0 Å². The Morgan fingerprint density at radius 2 is 2.08 bits per heavy atom. The smallest absolute Gasteiger partial charge is 0.395 e. The molecule has 5 heteroatoms. The van der Waals surface area contributed by atoms with Crippen LogP contribution in [0.25, 0.3) is 0 Å². The van der Waals surface area contributed by atoms with Gasteiger partial charge >= 0.3 is 11.9 Å². The zero-order valence-corrected chi connectivity index (χ0v) is 7.82. The van der Waals surface area contributed by atoms with Crippen LogP contribution in [-0.4, -0.2) is 22.7 Å². The van der Waals surface area contributed by atoms with Crippen LogP contribution in [0.1, 0.15) is 26.2 Å². The summed E-state index contributed by atoms with van der Waals surface area (Å²) in [5.74, 6) is -1.61. The number of amides is 1. The van der Waals surface area contributed by atoms with Crippen LogP contribution in [0.15, 0.2) is 0 Å². The molecule has 0 radical (unpaired) electrons. The summed E-state index contributed by atoms with van der Waals surface area (Å²) in [5, 5.41) is 8.16. The third-order valence-corrected chi connectivity index (χ3v) is 2.03. The van der Waals surface area contributed by atoms with Gasteiger partial charge in [0.05, 0.1) is 0 Å². The van der Waals surface area contributed by atoms with E-state index in [1.165, 1.54) is 0 Å². The van der Waals surface area contributed by atoms with E-state index in [0.717, 1.165) is 37.0 Å². The molecule has 4 nitrogen and oxygen atoms in total. The van der Waals surface area contributed by atoms with E-state index in [2.05, 4.69) is 11.6 Å². The highest BCUT2D eigenvalue weighted by molar-refractivity contribution is 7.98. The number of nitrogens with one attached hydrogen (secondary N) is 1. The Balaban J connectivity index is 3.20. The molecule has 0 unspecified atom stereocenters. The second kappa shape index (κ2) is 6.97. The number of carbonyl (C=O) groups is 2. The van der Waals surface area contributed by atoms with Crippen LogP contribution in [0.3, 0.4) is 0 Å². The molecule has 0 aliphatic rings. The van der Waals surface area contributed by atoms with Crippen LogP contribution >= 0.6 is 11.9 Å². The second-order valence-corrected chi connectivity index (χ2v) is 3.19. The molecule has 0 fully saturated rings. The average molecular weight is 191 g/mol. The van der Waals surface area contributed by atoms with Gasteiger partial charge in [-0.3, -0.25) is 9.52 Å². The molecule has 12 heavy (non-hydrogen) atoms. The molecule has 0 rings (SSSR count). The van der Waals surface area contributed by atoms with Gasteiger partial charge in [-0.2, -0.15) is 0 Å². The molecule has 0 saturated carbocycles. The van der Waals surface area contributed by atoms with Gasteiger partial charge < -0.3 is 5.11 Å². The van der Waals surface area contributed by atoms with E-state index in [9.17, 15) is 9.59 Å². The highest BCUT2D eigenvalue weighted by atomic mass is 32.2. The minimum Gasteiger partial charge on any atom is -0.474 e. The van der Waals surface area contributed by atoms with E-state index in [0.29, 0.717) is 0 Å². The van der Waals surface area contributed by atoms with E-state index in [4.69, 9.17) is 5.11 Å². The summed E-state index contributed by atoms with van der Waals surface area (Å²) >= 11 is 1.15. The summed E-state index contributed by atoms with van der Waals surface area (Å²) in [7, 11) is 0. The van der Waals surface area contributed by atoms with Crippen molar-refractivity contribution in [1.82, 2.24) is 4.72 Å². The number of carboxylic acids is 1. The number of rotatable bonds is 5. The van der Waals surface area contributed by atoms with E-state index < -0.39 is 11.9 Å². The predicted octanol–water partition coefficient (Wildman–Crippen LogP) is 1.03. The largest absolute Gasteiger partial charge is 0.474 e. The molecule has 0 heterocycles. The fraction of sp³-hybridized carbons (Fsp3) is 0.714. The van der Waals surface area contributed by atoms with Crippen molar-refractivity contribution in [3.8, 4) is 0 Å². The molecule has 0 bridgehead atoms. The summed E-state index contributed by atoms with van der Waals surface area (Å²) in [5.41, 5.74) is 0. The SMILES string of the molecule is CCCCCSNC(=O)C(=O)O. The molecule has 0 aliphatic heterocycles. The molecule has 0 aliphatic carbocycles. The molecule has 0 aromatic heterocycles. The third kappa shape index (κ3) is 6.03. The summed E-state index contributed by atoms with van der Waals surface area (Å²) in [6.07, 6.45) is 3.23. The zero-order valence-electron chi connectivity index (χ0n) is 7.00. The van der Waals surface area contributed by atoms with Crippen molar-refractivity contribution in [3.63, 3.8) is 0 Å². The maximum absolute atomic E-state index is 10.4. The lowest BCUT2D eigenvalue weighted by atomic mass is 10.3. The topological polar surface area (TPSA) is 66.4 Å². The summed E-state index contributed by atoms with van der Waals surface area (Å²) in [4.78, 5) is 20.4. The van der Waals surface area contributed by atoms with Gasteiger partial charge in [-0.25, -0.2) is 4.79 Å². The Bertz CT molecular complexity index is 161. The lowest BCUT2D eigenvalue weighted by molar-refractivity contribution is -0.149. The number of unbranched alkanes of at least 4 members (excludes halogenated alkanes) is 2. The molecule has 0 spiro atoms.